The third kappa shape index (κ3) is 3.08. The Morgan fingerprint density at radius 1 is 1.56 bits per heavy atom. The predicted octanol–water partition coefficient (Wildman–Crippen LogP) is 2.04. The fraction of sp³-hybridized carbons (Fsp3) is 0.429. The molecule has 0 aliphatic rings. The molecule has 0 aliphatic heterocycles. The highest BCUT2D eigenvalue weighted by atomic mass is 16.2. The van der Waals surface area contributed by atoms with Gasteiger partial charge >= 0.3 is 0 Å². The number of anilines is 1. The molecule has 2 N–H and O–H groups in total. The first-order valence-corrected chi connectivity index (χ1v) is 5.99. The summed E-state index contributed by atoms with van der Waals surface area (Å²) in [6, 6.07) is 8.99. The number of hydrogen-bond donors (Lipinski definition) is 1. The van der Waals surface area contributed by atoms with E-state index in [0.29, 0.717) is 17.7 Å². The summed E-state index contributed by atoms with van der Waals surface area (Å²) in [7, 11) is 1.68. The standard InChI is InChI=1S/C14H19N3O/c1-4-8-14(2,16)13(18)17(3)12-7-5-6-11(9-12)10-15/h5-7,9H,4,8,16H2,1-3H3. The molecular weight excluding hydrogens is 226 g/mol. The zero-order chi connectivity index (χ0) is 13.8. The van der Waals surface area contributed by atoms with Crippen LogP contribution in [0.15, 0.2) is 24.3 Å². The van der Waals surface area contributed by atoms with Gasteiger partial charge in [0.15, 0.2) is 0 Å². The SMILES string of the molecule is CCCC(C)(N)C(=O)N(C)c1cccc(C#N)c1. The van der Waals surface area contributed by atoms with Crippen LogP contribution in [0.1, 0.15) is 32.3 Å². The number of nitriles is 1. The molecule has 4 nitrogen and oxygen atoms in total. The third-order valence-corrected chi connectivity index (χ3v) is 2.93. The first kappa shape index (κ1) is 14.2. The molecule has 1 aromatic rings. The summed E-state index contributed by atoms with van der Waals surface area (Å²) >= 11 is 0. The smallest absolute Gasteiger partial charge is 0.246 e. The molecule has 4 heteroatoms. The number of carbonyl (C=O) groups excluding carboxylic acids is 1. The highest BCUT2D eigenvalue weighted by molar-refractivity contribution is 5.99. The van der Waals surface area contributed by atoms with Crippen molar-refractivity contribution >= 4 is 11.6 Å². The first-order valence-electron chi connectivity index (χ1n) is 5.99. The molecule has 96 valence electrons. The van der Waals surface area contributed by atoms with Crippen molar-refractivity contribution in [1.82, 2.24) is 0 Å². The minimum absolute atomic E-state index is 0.139. The van der Waals surface area contributed by atoms with E-state index in [4.69, 9.17) is 11.0 Å². The van der Waals surface area contributed by atoms with Crippen LogP contribution in [0, 0.1) is 11.3 Å². The Balaban J connectivity index is 2.96. The number of amides is 1. The van der Waals surface area contributed by atoms with E-state index in [1.165, 1.54) is 4.90 Å². The fourth-order valence-electron chi connectivity index (χ4n) is 1.91. The van der Waals surface area contributed by atoms with Gasteiger partial charge in [0.2, 0.25) is 5.91 Å². The molecule has 0 heterocycles. The van der Waals surface area contributed by atoms with Gasteiger partial charge in [-0.3, -0.25) is 4.79 Å². The number of nitrogens with two attached hydrogens (primary N) is 1. The summed E-state index contributed by atoms with van der Waals surface area (Å²) in [4.78, 5) is 13.8. The molecule has 0 bridgehead atoms. The van der Waals surface area contributed by atoms with E-state index in [1.807, 2.05) is 6.92 Å². The summed E-state index contributed by atoms with van der Waals surface area (Å²) in [5, 5.41) is 8.85. The van der Waals surface area contributed by atoms with E-state index in [0.717, 1.165) is 6.42 Å². The Morgan fingerprint density at radius 2 is 2.22 bits per heavy atom. The Kier molecular flexibility index (Phi) is 4.46. The van der Waals surface area contributed by atoms with Crippen LogP contribution in [0.25, 0.3) is 0 Å². The quantitative estimate of drug-likeness (QED) is 0.882. The van der Waals surface area contributed by atoms with Gasteiger partial charge in [0, 0.05) is 12.7 Å². The van der Waals surface area contributed by atoms with E-state index in [-0.39, 0.29) is 5.91 Å². The van der Waals surface area contributed by atoms with Gasteiger partial charge in [-0.05, 0) is 31.5 Å². The van der Waals surface area contributed by atoms with E-state index in [9.17, 15) is 4.79 Å². The van der Waals surface area contributed by atoms with Crippen LogP contribution in [0.2, 0.25) is 0 Å². The molecule has 0 aromatic heterocycles. The lowest BCUT2D eigenvalue weighted by molar-refractivity contribution is -0.123. The highest BCUT2D eigenvalue weighted by Gasteiger charge is 2.30. The lowest BCUT2D eigenvalue weighted by atomic mass is 9.95. The van der Waals surface area contributed by atoms with Gasteiger partial charge < -0.3 is 10.6 Å². The summed E-state index contributed by atoms with van der Waals surface area (Å²) in [5.41, 5.74) is 6.37. The number of benzene rings is 1. The topological polar surface area (TPSA) is 70.1 Å². The predicted molar refractivity (Wildman–Crippen MR) is 72.1 cm³/mol. The van der Waals surface area contributed by atoms with Gasteiger partial charge in [-0.15, -0.1) is 0 Å². The van der Waals surface area contributed by atoms with Crippen molar-refractivity contribution in [3.63, 3.8) is 0 Å². The second-order valence-corrected chi connectivity index (χ2v) is 4.69. The number of likely N-dealkylation sites (N-methyl/N-ethyl adjacent to an activating group) is 1. The Labute approximate surface area is 108 Å². The maximum atomic E-state index is 12.3. The minimum atomic E-state index is -0.869. The van der Waals surface area contributed by atoms with Gasteiger partial charge in [-0.1, -0.05) is 19.4 Å². The largest absolute Gasteiger partial charge is 0.318 e. The average Bonchev–Trinajstić information content (AvgIpc) is 2.37. The number of rotatable bonds is 4. The molecule has 0 aliphatic carbocycles. The van der Waals surface area contributed by atoms with Gasteiger partial charge in [0.1, 0.15) is 0 Å². The Hall–Kier alpha value is -1.86. The van der Waals surface area contributed by atoms with Gasteiger partial charge in [0.05, 0.1) is 17.2 Å². The fourth-order valence-corrected chi connectivity index (χ4v) is 1.91. The zero-order valence-corrected chi connectivity index (χ0v) is 11.1. The first-order chi connectivity index (χ1) is 8.42. The molecule has 18 heavy (non-hydrogen) atoms. The van der Waals surface area contributed by atoms with Gasteiger partial charge in [-0.25, -0.2) is 0 Å². The monoisotopic (exact) mass is 245 g/mol. The zero-order valence-electron chi connectivity index (χ0n) is 11.1. The van der Waals surface area contributed by atoms with Gasteiger partial charge in [0.25, 0.3) is 0 Å². The van der Waals surface area contributed by atoms with Crippen LogP contribution < -0.4 is 10.6 Å². The normalized spacial score (nSPS) is 13.5. The van der Waals surface area contributed by atoms with Crippen LogP contribution in [0.4, 0.5) is 5.69 Å². The molecule has 1 atom stereocenters. The van der Waals surface area contributed by atoms with Crippen LogP contribution in [-0.2, 0) is 4.79 Å². The molecule has 1 rings (SSSR count). The molecule has 1 aromatic carbocycles. The highest BCUT2D eigenvalue weighted by Crippen LogP contribution is 2.19. The summed E-state index contributed by atoms with van der Waals surface area (Å²) in [6.07, 6.45) is 1.49. The summed E-state index contributed by atoms with van der Waals surface area (Å²) < 4.78 is 0. The Bertz CT molecular complexity index is 474. The lowest BCUT2D eigenvalue weighted by Gasteiger charge is -2.29. The summed E-state index contributed by atoms with van der Waals surface area (Å²) in [5.74, 6) is -0.139. The number of hydrogen-bond acceptors (Lipinski definition) is 3. The summed E-state index contributed by atoms with van der Waals surface area (Å²) in [6.45, 7) is 3.73. The molecule has 1 unspecified atom stereocenters. The van der Waals surface area contributed by atoms with Crippen molar-refractivity contribution in [3.05, 3.63) is 29.8 Å². The van der Waals surface area contributed by atoms with Crippen molar-refractivity contribution < 1.29 is 4.79 Å². The van der Waals surface area contributed by atoms with Crippen molar-refractivity contribution in [3.8, 4) is 6.07 Å². The van der Waals surface area contributed by atoms with E-state index in [2.05, 4.69) is 6.07 Å². The van der Waals surface area contributed by atoms with E-state index in [1.54, 1.807) is 38.2 Å². The van der Waals surface area contributed by atoms with Crippen LogP contribution >= 0.6 is 0 Å². The molecule has 0 fully saturated rings. The van der Waals surface area contributed by atoms with Crippen molar-refractivity contribution in [2.24, 2.45) is 5.73 Å². The average molecular weight is 245 g/mol. The molecule has 0 spiro atoms. The second kappa shape index (κ2) is 5.65. The van der Waals surface area contributed by atoms with E-state index >= 15 is 0 Å². The number of nitrogens with zero attached hydrogens (tertiary/aromatic N) is 2. The molecular formula is C14H19N3O. The molecule has 0 saturated heterocycles. The van der Waals surface area contributed by atoms with Crippen LogP contribution in [-0.4, -0.2) is 18.5 Å². The maximum absolute atomic E-state index is 12.3. The minimum Gasteiger partial charge on any atom is -0.318 e. The van der Waals surface area contributed by atoms with Gasteiger partial charge in [-0.2, -0.15) is 5.26 Å². The lowest BCUT2D eigenvalue weighted by Crippen LogP contribution is -2.52. The van der Waals surface area contributed by atoms with Crippen molar-refractivity contribution in [2.75, 3.05) is 11.9 Å². The van der Waals surface area contributed by atoms with Crippen molar-refractivity contribution in [1.29, 1.82) is 5.26 Å². The van der Waals surface area contributed by atoms with Crippen LogP contribution in [0.3, 0.4) is 0 Å². The number of carbonyl (C=O) groups is 1. The molecule has 0 saturated carbocycles. The Morgan fingerprint density at radius 3 is 2.78 bits per heavy atom. The third-order valence-electron chi connectivity index (χ3n) is 2.93. The molecule has 0 radical (unpaired) electrons. The van der Waals surface area contributed by atoms with Crippen molar-refractivity contribution in [2.45, 2.75) is 32.2 Å². The second-order valence-electron chi connectivity index (χ2n) is 4.69. The molecule has 1 amide bonds. The van der Waals surface area contributed by atoms with E-state index < -0.39 is 5.54 Å². The maximum Gasteiger partial charge on any atom is 0.246 e. The van der Waals surface area contributed by atoms with Crippen LogP contribution in [0.5, 0.6) is 0 Å².